The zero-order valence-corrected chi connectivity index (χ0v) is 14.0. The van der Waals surface area contributed by atoms with E-state index in [1.54, 1.807) is 12.1 Å². The number of aromatic nitrogens is 2. The summed E-state index contributed by atoms with van der Waals surface area (Å²) in [6, 6.07) is 15.6. The van der Waals surface area contributed by atoms with Gasteiger partial charge in [0.05, 0.1) is 0 Å². The molecule has 4 heteroatoms. The topological polar surface area (TPSA) is 56.0 Å². The molecule has 0 radical (unpaired) electrons. The van der Waals surface area contributed by atoms with Crippen molar-refractivity contribution in [3.8, 4) is 22.9 Å². The first-order valence-electron chi connectivity index (χ1n) is 8.83. The molecule has 1 aliphatic carbocycles. The summed E-state index contributed by atoms with van der Waals surface area (Å²) in [4.78, 5) is 10.7. The van der Waals surface area contributed by atoms with Crippen molar-refractivity contribution in [1.29, 1.82) is 0 Å². The van der Waals surface area contributed by atoms with Gasteiger partial charge in [0.25, 0.3) is 0 Å². The normalized spacial score (nSPS) is 15.2. The second-order valence-electron chi connectivity index (χ2n) is 6.61. The van der Waals surface area contributed by atoms with Gasteiger partial charge >= 0.3 is 0 Å². The van der Waals surface area contributed by atoms with Gasteiger partial charge in [0.2, 0.25) is 11.8 Å². The Morgan fingerprint density at radius 1 is 0.800 bits per heavy atom. The molecule has 0 spiro atoms. The molecule has 126 valence electrons. The SMILES string of the molecule is O=Cc1ccc(-c2nnc(-c3ccc(C4CCCCC4)cc3)o2)cc1. The van der Waals surface area contributed by atoms with Gasteiger partial charge in [-0.05, 0) is 48.6 Å². The van der Waals surface area contributed by atoms with Crippen molar-refractivity contribution in [1.82, 2.24) is 10.2 Å². The lowest BCUT2D eigenvalue weighted by molar-refractivity contribution is 0.112. The van der Waals surface area contributed by atoms with Crippen molar-refractivity contribution in [3.05, 3.63) is 59.7 Å². The van der Waals surface area contributed by atoms with Gasteiger partial charge in [-0.2, -0.15) is 0 Å². The van der Waals surface area contributed by atoms with Crippen molar-refractivity contribution in [2.45, 2.75) is 38.0 Å². The van der Waals surface area contributed by atoms with Crippen LogP contribution in [0.2, 0.25) is 0 Å². The first kappa shape index (κ1) is 15.8. The Balaban J connectivity index is 1.53. The molecule has 0 aliphatic heterocycles. The number of hydrogen-bond acceptors (Lipinski definition) is 4. The molecule has 1 heterocycles. The molecule has 3 aromatic rings. The van der Waals surface area contributed by atoms with Gasteiger partial charge in [0, 0.05) is 16.7 Å². The van der Waals surface area contributed by atoms with Gasteiger partial charge in [-0.3, -0.25) is 4.79 Å². The van der Waals surface area contributed by atoms with Crippen LogP contribution >= 0.6 is 0 Å². The predicted octanol–water partition coefficient (Wildman–Crippen LogP) is 5.26. The maximum atomic E-state index is 10.7. The van der Waals surface area contributed by atoms with E-state index in [0.717, 1.165) is 17.4 Å². The van der Waals surface area contributed by atoms with Gasteiger partial charge in [-0.25, -0.2) is 0 Å². The van der Waals surface area contributed by atoms with Crippen LogP contribution in [0, 0.1) is 0 Å². The van der Waals surface area contributed by atoms with Crippen molar-refractivity contribution < 1.29 is 9.21 Å². The van der Waals surface area contributed by atoms with Gasteiger partial charge in [0.1, 0.15) is 6.29 Å². The average molecular weight is 332 g/mol. The zero-order chi connectivity index (χ0) is 17.1. The zero-order valence-electron chi connectivity index (χ0n) is 14.0. The van der Waals surface area contributed by atoms with Crippen LogP contribution in [0.1, 0.15) is 53.9 Å². The number of rotatable bonds is 4. The summed E-state index contributed by atoms with van der Waals surface area (Å²) in [5.74, 6) is 1.67. The number of carbonyl (C=O) groups excluding carboxylic acids is 1. The Morgan fingerprint density at radius 2 is 1.36 bits per heavy atom. The second-order valence-corrected chi connectivity index (χ2v) is 6.61. The lowest BCUT2D eigenvalue weighted by atomic mass is 9.84. The molecule has 2 aromatic carbocycles. The van der Waals surface area contributed by atoms with Gasteiger partial charge in [-0.1, -0.05) is 43.5 Å². The number of hydrogen-bond donors (Lipinski definition) is 0. The number of aldehydes is 1. The highest BCUT2D eigenvalue weighted by Crippen LogP contribution is 2.33. The molecular formula is C21H20N2O2. The molecule has 1 aliphatic rings. The second kappa shape index (κ2) is 7.01. The quantitative estimate of drug-likeness (QED) is 0.611. The lowest BCUT2D eigenvalue weighted by Gasteiger charge is -2.21. The molecule has 0 bridgehead atoms. The standard InChI is InChI=1S/C21H20N2O2/c24-14-15-6-8-18(9-7-15)20-22-23-21(25-20)19-12-10-17(11-13-19)16-4-2-1-3-5-16/h6-14,16H,1-5H2. The Labute approximate surface area is 146 Å². The third-order valence-electron chi connectivity index (χ3n) is 4.95. The molecule has 0 unspecified atom stereocenters. The lowest BCUT2D eigenvalue weighted by Crippen LogP contribution is -2.04. The fraction of sp³-hybridized carbons (Fsp3) is 0.286. The monoisotopic (exact) mass is 332 g/mol. The summed E-state index contributed by atoms with van der Waals surface area (Å²) in [7, 11) is 0. The van der Waals surface area contributed by atoms with Crippen LogP contribution < -0.4 is 0 Å². The summed E-state index contributed by atoms with van der Waals surface area (Å²) in [5.41, 5.74) is 3.78. The van der Waals surface area contributed by atoms with Crippen LogP contribution in [-0.2, 0) is 0 Å². The summed E-state index contributed by atoms with van der Waals surface area (Å²) in [6.45, 7) is 0. The van der Waals surface area contributed by atoms with Crippen molar-refractivity contribution in [3.63, 3.8) is 0 Å². The van der Waals surface area contributed by atoms with Crippen molar-refractivity contribution >= 4 is 6.29 Å². The maximum absolute atomic E-state index is 10.7. The highest BCUT2D eigenvalue weighted by Gasteiger charge is 2.16. The van der Waals surface area contributed by atoms with Crippen LogP contribution in [0.25, 0.3) is 22.9 Å². The molecule has 1 saturated carbocycles. The van der Waals surface area contributed by atoms with E-state index in [2.05, 4.69) is 34.5 Å². The Kier molecular flexibility index (Phi) is 4.42. The molecule has 1 fully saturated rings. The fourth-order valence-electron chi connectivity index (χ4n) is 3.49. The number of carbonyl (C=O) groups is 1. The van der Waals surface area contributed by atoms with Crippen LogP contribution in [-0.4, -0.2) is 16.5 Å². The molecule has 0 atom stereocenters. The first-order valence-corrected chi connectivity index (χ1v) is 8.83. The van der Waals surface area contributed by atoms with Crippen LogP contribution in [0.15, 0.2) is 52.9 Å². The first-order chi connectivity index (χ1) is 12.3. The van der Waals surface area contributed by atoms with E-state index in [9.17, 15) is 4.79 Å². The van der Waals surface area contributed by atoms with Crippen LogP contribution in [0.3, 0.4) is 0 Å². The highest BCUT2D eigenvalue weighted by atomic mass is 16.4. The van der Waals surface area contributed by atoms with E-state index in [-0.39, 0.29) is 0 Å². The van der Waals surface area contributed by atoms with Gasteiger partial charge in [0.15, 0.2) is 0 Å². The minimum absolute atomic E-state index is 0.462. The predicted molar refractivity (Wildman–Crippen MR) is 96.4 cm³/mol. The minimum Gasteiger partial charge on any atom is -0.416 e. The van der Waals surface area contributed by atoms with Crippen LogP contribution in [0.5, 0.6) is 0 Å². The molecule has 4 rings (SSSR count). The molecule has 25 heavy (non-hydrogen) atoms. The van der Waals surface area contributed by atoms with Crippen molar-refractivity contribution in [2.75, 3.05) is 0 Å². The summed E-state index contributed by atoms with van der Waals surface area (Å²) >= 11 is 0. The number of benzene rings is 2. The molecule has 0 N–H and O–H groups in total. The summed E-state index contributed by atoms with van der Waals surface area (Å²) in [6.07, 6.45) is 7.44. The summed E-state index contributed by atoms with van der Waals surface area (Å²) < 4.78 is 5.80. The largest absolute Gasteiger partial charge is 0.416 e. The van der Waals surface area contributed by atoms with E-state index in [0.29, 0.717) is 23.3 Å². The average Bonchev–Trinajstić information content (AvgIpc) is 3.19. The third kappa shape index (κ3) is 3.38. The van der Waals surface area contributed by atoms with E-state index >= 15 is 0 Å². The fourth-order valence-corrected chi connectivity index (χ4v) is 3.49. The van der Waals surface area contributed by atoms with Gasteiger partial charge in [-0.15, -0.1) is 10.2 Å². The molecule has 1 aromatic heterocycles. The Morgan fingerprint density at radius 3 is 1.92 bits per heavy atom. The maximum Gasteiger partial charge on any atom is 0.248 e. The van der Waals surface area contributed by atoms with Gasteiger partial charge < -0.3 is 4.42 Å². The highest BCUT2D eigenvalue weighted by molar-refractivity contribution is 5.76. The third-order valence-corrected chi connectivity index (χ3v) is 4.95. The number of nitrogens with zero attached hydrogens (tertiary/aromatic N) is 2. The van der Waals surface area contributed by atoms with E-state index in [4.69, 9.17) is 4.42 Å². The molecular weight excluding hydrogens is 312 g/mol. The molecule has 4 nitrogen and oxygen atoms in total. The Hall–Kier alpha value is -2.75. The van der Waals surface area contributed by atoms with E-state index in [1.807, 2.05) is 12.1 Å². The Bertz CT molecular complexity index is 844. The summed E-state index contributed by atoms with van der Waals surface area (Å²) in [5, 5.41) is 8.29. The van der Waals surface area contributed by atoms with Crippen molar-refractivity contribution in [2.24, 2.45) is 0 Å². The van der Waals surface area contributed by atoms with E-state index in [1.165, 1.54) is 37.7 Å². The smallest absolute Gasteiger partial charge is 0.248 e. The molecule has 0 saturated heterocycles. The van der Waals surface area contributed by atoms with Crippen LogP contribution in [0.4, 0.5) is 0 Å². The minimum atomic E-state index is 0.462. The van der Waals surface area contributed by atoms with E-state index < -0.39 is 0 Å². The molecule has 0 amide bonds.